The SMILES string of the molecule is O=C(Nc1cccc(CS(=O)C2CCOCC2)c1)c1ccc(SC(F)(F)F)cc1. The Bertz CT molecular complexity index is 866. The van der Waals surface area contributed by atoms with Gasteiger partial charge in [0, 0.05) is 51.2 Å². The lowest BCUT2D eigenvalue weighted by molar-refractivity contribution is -0.0328. The van der Waals surface area contributed by atoms with Gasteiger partial charge in [-0.1, -0.05) is 12.1 Å². The zero-order valence-corrected chi connectivity index (χ0v) is 17.0. The van der Waals surface area contributed by atoms with Crippen LogP contribution in [0.1, 0.15) is 28.8 Å². The molecule has 1 aliphatic rings. The van der Waals surface area contributed by atoms with Crippen molar-refractivity contribution < 1.29 is 26.9 Å². The van der Waals surface area contributed by atoms with E-state index in [4.69, 9.17) is 4.74 Å². The number of hydrogen-bond donors (Lipinski definition) is 1. The highest BCUT2D eigenvalue weighted by atomic mass is 32.2. The summed E-state index contributed by atoms with van der Waals surface area (Å²) >= 11 is -0.224. The van der Waals surface area contributed by atoms with Gasteiger partial charge in [0.1, 0.15) is 0 Å². The normalized spacial score (nSPS) is 16.4. The van der Waals surface area contributed by atoms with Crippen LogP contribution in [0.25, 0.3) is 0 Å². The summed E-state index contributed by atoms with van der Waals surface area (Å²) in [6.07, 6.45) is 1.57. The molecule has 2 aromatic carbocycles. The van der Waals surface area contributed by atoms with Crippen molar-refractivity contribution in [2.24, 2.45) is 0 Å². The van der Waals surface area contributed by atoms with E-state index in [1.165, 1.54) is 24.3 Å². The van der Waals surface area contributed by atoms with Crippen LogP contribution < -0.4 is 5.32 Å². The van der Waals surface area contributed by atoms with Crippen molar-refractivity contribution in [1.29, 1.82) is 0 Å². The van der Waals surface area contributed by atoms with Crippen molar-refractivity contribution >= 4 is 34.2 Å². The van der Waals surface area contributed by atoms with Crippen molar-refractivity contribution in [3.05, 3.63) is 59.7 Å². The van der Waals surface area contributed by atoms with E-state index in [0.29, 0.717) is 24.7 Å². The molecule has 0 saturated carbocycles. The molecule has 2 aromatic rings. The second kappa shape index (κ2) is 9.77. The third kappa shape index (κ3) is 6.87. The molecular formula is C20H20F3NO3S2. The predicted molar refractivity (Wildman–Crippen MR) is 108 cm³/mol. The van der Waals surface area contributed by atoms with Crippen molar-refractivity contribution in [3.63, 3.8) is 0 Å². The summed E-state index contributed by atoms with van der Waals surface area (Å²) in [6.45, 7) is 1.26. The van der Waals surface area contributed by atoms with Crippen LogP contribution in [-0.2, 0) is 21.3 Å². The first-order valence-corrected chi connectivity index (χ1v) is 11.2. The van der Waals surface area contributed by atoms with Gasteiger partial charge >= 0.3 is 5.51 Å². The van der Waals surface area contributed by atoms with Crippen LogP contribution in [0.4, 0.5) is 18.9 Å². The molecule has 1 amide bonds. The van der Waals surface area contributed by atoms with E-state index in [0.717, 1.165) is 18.4 Å². The van der Waals surface area contributed by atoms with Crippen LogP contribution in [0.15, 0.2) is 53.4 Å². The van der Waals surface area contributed by atoms with Gasteiger partial charge in [-0.05, 0) is 66.6 Å². The summed E-state index contributed by atoms with van der Waals surface area (Å²) in [5.41, 5.74) is -2.71. The van der Waals surface area contributed by atoms with Gasteiger partial charge in [-0.2, -0.15) is 13.2 Å². The lowest BCUT2D eigenvalue weighted by Gasteiger charge is -2.21. The topological polar surface area (TPSA) is 55.4 Å². The van der Waals surface area contributed by atoms with Crippen LogP contribution in [0.3, 0.4) is 0 Å². The number of thioether (sulfide) groups is 1. The average molecular weight is 444 g/mol. The van der Waals surface area contributed by atoms with Crippen LogP contribution >= 0.6 is 11.8 Å². The van der Waals surface area contributed by atoms with Gasteiger partial charge in [-0.25, -0.2) is 0 Å². The molecule has 1 fully saturated rings. The van der Waals surface area contributed by atoms with Crippen molar-refractivity contribution in [2.75, 3.05) is 18.5 Å². The number of benzene rings is 2. The molecule has 29 heavy (non-hydrogen) atoms. The minimum Gasteiger partial charge on any atom is -0.381 e. The Hall–Kier alpha value is -1.84. The molecule has 156 valence electrons. The maximum absolute atomic E-state index is 12.5. The zero-order valence-electron chi connectivity index (χ0n) is 15.4. The van der Waals surface area contributed by atoms with Crippen LogP contribution in [0.5, 0.6) is 0 Å². The summed E-state index contributed by atoms with van der Waals surface area (Å²) in [7, 11) is -1.01. The fourth-order valence-corrected chi connectivity index (χ4v) is 4.97. The maximum atomic E-state index is 12.5. The molecule has 1 saturated heterocycles. The number of anilines is 1. The number of alkyl halides is 3. The van der Waals surface area contributed by atoms with Gasteiger partial charge in [0.05, 0.1) is 0 Å². The molecular weight excluding hydrogens is 423 g/mol. The predicted octanol–water partition coefficient (Wildman–Crippen LogP) is 4.98. The van der Waals surface area contributed by atoms with E-state index in [1.54, 1.807) is 18.2 Å². The Morgan fingerprint density at radius 3 is 2.48 bits per heavy atom. The van der Waals surface area contributed by atoms with Crippen molar-refractivity contribution in [1.82, 2.24) is 0 Å². The number of halogens is 3. The second-order valence-electron chi connectivity index (χ2n) is 6.56. The molecule has 0 aromatic heterocycles. The monoisotopic (exact) mass is 443 g/mol. The van der Waals surface area contributed by atoms with E-state index in [2.05, 4.69) is 5.32 Å². The Kier molecular flexibility index (Phi) is 7.37. The number of carbonyl (C=O) groups excluding carboxylic acids is 1. The van der Waals surface area contributed by atoms with Crippen LogP contribution in [0.2, 0.25) is 0 Å². The third-order valence-corrected chi connectivity index (χ3v) is 6.96. The quantitative estimate of drug-likeness (QED) is 0.640. The molecule has 0 spiro atoms. The van der Waals surface area contributed by atoms with Gasteiger partial charge in [0.25, 0.3) is 5.91 Å². The summed E-state index contributed by atoms with van der Waals surface area (Å²) in [4.78, 5) is 12.4. The minimum absolute atomic E-state index is 0.0200. The van der Waals surface area contributed by atoms with Crippen LogP contribution in [-0.4, -0.2) is 34.1 Å². The van der Waals surface area contributed by atoms with E-state index in [1.807, 2.05) is 6.07 Å². The van der Waals surface area contributed by atoms with E-state index < -0.39 is 22.2 Å². The number of hydrogen-bond acceptors (Lipinski definition) is 4. The molecule has 3 rings (SSSR count). The molecule has 9 heteroatoms. The highest BCUT2D eigenvalue weighted by molar-refractivity contribution is 8.00. The standard InChI is InChI=1S/C20H20F3NO3S2/c21-20(22,23)28-17-6-4-15(5-7-17)19(25)24-16-3-1-2-14(12-16)13-29(26)18-8-10-27-11-9-18/h1-7,12,18H,8-11,13H2,(H,24,25). The summed E-state index contributed by atoms with van der Waals surface area (Å²) in [5, 5.41) is 2.85. The second-order valence-corrected chi connectivity index (χ2v) is 9.42. The average Bonchev–Trinajstić information content (AvgIpc) is 2.68. The smallest absolute Gasteiger partial charge is 0.381 e. The van der Waals surface area contributed by atoms with Gasteiger partial charge in [-0.15, -0.1) is 0 Å². The summed E-state index contributed by atoms with van der Waals surface area (Å²) in [6, 6.07) is 12.4. The Balaban J connectivity index is 1.60. The van der Waals surface area contributed by atoms with E-state index in [9.17, 15) is 22.2 Å². The fourth-order valence-electron chi connectivity index (χ4n) is 2.97. The molecule has 1 aliphatic heterocycles. The fraction of sp³-hybridized carbons (Fsp3) is 0.350. The first-order valence-electron chi connectivity index (χ1n) is 9.01. The Labute approximate surface area is 173 Å². The largest absolute Gasteiger partial charge is 0.446 e. The van der Waals surface area contributed by atoms with Gasteiger partial charge in [0.15, 0.2) is 0 Å². The molecule has 0 radical (unpaired) electrons. The Morgan fingerprint density at radius 2 is 1.83 bits per heavy atom. The molecule has 1 heterocycles. The van der Waals surface area contributed by atoms with Crippen molar-refractivity contribution in [3.8, 4) is 0 Å². The number of ether oxygens (including phenoxy) is 1. The molecule has 1 unspecified atom stereocenters. The molecule has 4 nitrogen and oxygen atoms in total. The first kappa shape index (κ1) is 21.9. The summed E-state index contributed by atoms with van der Waals surface area (Å²) in [5.74, 6) is -0.0196. The lowest BCUT2D eigenvalue weighted by atomic mass is 10.2. The van der Waals surface area contributed by atoms with Crippen molar-refractivity contribution in [2.45, 2.75) is 34.2 Å². The first-order chi connectivity index (χ1) is 13.8. The molecule has 1 atom stereocenters. The highest BCUT2D eigenvalue weighted by Crippen LogP contribution is 2.36. The Morgan fingerprint density at radius 1 is 1.14 bits per heavy atom. The van der Waals surface area contributed by atoms with Crippen LogP contribution in [0, 0.1) is 0 Å². The number of nitrogens with one attached hydrogen (secondary N) is 1. The summed E-state index contributed by atoms with van der Waals surface area (Å²) < 4.78 is 55.0. The number of carbonyl (C=O) groups is 1. The number of amides is 1. The number of rotatable bonds is 6. The van der Waals surface area contributed by atoms with Gasteiger partial charge in [-0.3, -0.25) is 9.00 Å². The lowest BCUT2D eigenvalue weighted by Crippen LogP contribution is -2.25. The third-order valence-electron chi connectivity index (χ3n) is 4.38. The van der Waals surface area contributed by atoms with Gasteiger partial charge < -0.3 is 10.1 Å². The minimum atomic E-state index is -4.37. The van der Waals surface area contributed by atoms with E-state index >= 15 is 0 Å². The van der Waals surface area contributed by atoms with Gasteiger partial charge in [0.2, 0.25) is 0 Å². The molecule has 1 N–H and O–H groups in total. The molecule has 0 bridgehead atoms. The highest BCUT2D eigenvalue weighted by Gasteiger charge is 2.29. The zero-order chi connectivity index (χ0) is 20.9. The molecule has 0 aliphatic carbocycles. The van der Waals surface area contributed by atoms with E-state index in [-0.39, 0.29) is 27.5 Å². The maximum Gasteiger partial charge on any atom is 0.446 e.